The Morgan fingerprint density at radius 1 is 1.00 bits per heavy atom. The van der Waals surface area contributed by atoms with Crippen molar-refractivity contribution in [2.24, 2.45) is 0 Å². The van der Waals surface area contributed by atoms with Gasteiger partial charge in [-0.05, 0) is 43.0 Å². The lowest BCUT2D eigenvalue weighted by molar-refractivity contribution is 0.600. The predicted molar refractivity (Wildman–Crippen MR) is 87.3 cm³/mol. The van der Waals surface area contributed by atoms with Gasteiger partial charge in [-0.1, -0.05) is 49.7 Å². The van der Waals surface area contributed by atoms with Crippen LogP contribution >= 0.6 is 0 Å². The van der Waals surface area contributed by atoms with Crippen molar-refractivity contribution in [2.45, 2.75) is 38.5 Å². The minimum atomic E-state index is -3.57. The molecule has 3 nitrogen and oxygen atoms in total. The topological polar surface area (TPSA) is 46.2 Å². The van der Waals surface area contributed by atoms with E-state index in [1.165, 1.54) is 0 Å². The van der Waals surface area contributed by atoms with Crippen molar-refractivity contribution in [1.82, 2.24) is 0 Å². The van der Waals surface area contributed by atoms with Crippen LogP contribution in [0.3, 0.4) is 0 Å². The minimum Gasteiger partial charge on any atom is -0.279 e. The molecule has 0 radical (unpaired) electrons. The number of hydrogen-bond acceptors (Lipinski definition) is 2. The Hall–Kier alpha value is -1.81. The quantitative estimate of drug-likeness (QED) is 0.919. The summed E-state index contributed by atoms with van der Waals surface area (Å²) in [6, 6.07) is 12.9. The van der Waals surface area contributed by atoms with Crippen molar-refractivity contribution >= 4 is 15.7 Å². The van der Waals surface area contributed by atoms with Gasteiger partial charge in [0, 0.05) is 0 Å². The molecule has 0 fully saturated rings. The summed E-state index contributed by atoms with van der Waals surface area (Å²) < 4.78 is 27.9. The van der Waals surface area contributed by atoms with Crippen LogP contribution in [-0.4, -0.2) is 8.42 Å². The summed E-state index contributed by atoms with van der Waals surface area (Å²) in [6.07, 6.45) is 0. The molecule has 1 N–H and O–H groups in total. The second-order valence-electron chi connectivity index (χ2n) is 5.62. The van der Waals surface area contributed by atoms with Gasteiger partial charge in [0.15, 0.2) is 0 Å². The van der Waals surface area contributed by atoms with Crippen LogP contribution in [0.15, 0.2) is 47.4 Å². The fourth-order valence-corrected chi connectivity index (χ4v) is 3.71. The third-order valence-electron chi connectivity index (χ3n) is 3.45. The number of benzene rings is 2. The molecule has 0 atom stereocenters. The molecule has 0 aromatic heterocycles. The molecule has 4 heteroatoms. The maximum atomic E-state index is 12.6. The van der Waals surface area contributed by atoms with Gasteiger partial charge in [-0.2, -0.15) is 0 Å². The van der Waals surface area contributed by atoms with Gasteiger partial charge in [-0.25, -0.2) is 8.42 Å². The highest BCUT2D eigenvalue weighted by Crippen LogP contribution is 2.27. The molecule has 0 saturated carbocycles. The van der Waals surface area contributed by atoms with E-state index in [0.29, 0.717) is 10.6 Å². The van der Waals surface area contributed by atoms with E-state index in [9.17, 15) is 8.42 Å². The van der Waals surface area contributed by atoms with E-state index < -0.39 is 10.0 Å². The number of hydrogen-bond donors (Lipinski definition) is 1. The van der Waals surface area contributed by atoms with E-state index in [4.69, 9.17) is 0 Å². The Labute approximate surface area is 127 Å². The summed E-state index contributed by atoms with van der Waals surface area (Å²) in [5, 5.41) is 0. The average molecular weight is 303 g/mol. The Kier molecular flexibility index (Phi) is 4.37. The summed E-state index contributed by atoms with van der Waals surface area (Å²) in [7, 11) is -3.57. The summed E-state index contributed by atoms with van der Waals surface area (Å²) in [5.74, 6) is 0.253. The molecule has 0 amide bonds. The summed E-state index contributed by atoms with van der Waals surface area (Å²) in [6.45, 7) is 7.86. The lowest BCUT2D eigenvalue weighted by Crippen LogP contribution is -2.15. The first kappa shape index (κ1) is 15.6. The van der Waals surface area contributed by atoms with Crippen molar-refractivity contribution in [3.63, 3.8) is 0 Å². The van der Waals surface area contributed by atoms with Crippen molar-refractivity contribution in [3.8, 4) is 0 Å². The van der Waals surface area contributed by atoms with Gasteiger partial charge in [-0.3, -0.25) is 4.72 Å². The number of rotatable bonds is 4. The maximum Gasteiger partial charge on any atom is 0.262 e. The van der Waals surface area contributed by atoms with E-state index in [1.54, 1.807) is 12.1 Å². The van der Waals surface area contributed by atoms with Crippen molar-refractivity contribution in [3.05, 3.63) is 59.2 Å². The first-order chi connectivity index (χ1) is 9.81. The lowest BCUT2D eigenvalue weighted by Gasteiger charge is -2.16. The predicted octanol–water partition coefficient (Wildman–Crippen LogP) is 4.23. The first-order valence-electron chi connectivity index (χ1n) is 7.00. The smallest absolute Gasteiger partial charge is 0.262 e. The zero-order chi connectivity index (χ0) is 15.6. The molecule has 2 rings (SSSR count). The van der Waals surface area contributed by atoms with Crippen molar-refractivity contribution < 1.29 is 8.42 Å². The summed E-state index contributed by atoms with van der Waals surface area (Å²) in [4.78, 5) is 0.326. The lowest BCUT2D eigenvalue weighted by atomic mass is 10.0. The molecule has 0 spiro atoms. The molecule has 0 aliphatic carbocycles. The van der Waals surface area contributed by atoms with Crippen LogP contribution in [-0.2, 0) is 10.0 Å². The Bertz CT molecular complexity index is 749. The highest BCUT2D eigenvalue weighted by Gasteiger charge is 2.18. The number of nitrogens with one attached hydrogen (secondary N) is 1. The molecule has 0 aliphatic heterocycles. The zero-order valence-corrected chi connectivity index (χ0v) is 13.7. The SMILES string of the molecule is Cc1ccc(S(=O)(=O)Nc2ccccc2C(C)C)c(C)c1. The second kappa shape index (κ2) is 5.90. The van der Waals surface area contributed by atoms with Gasteiger partial charge in [-0.15, -0.1) is 0 Å². The van der Waals surface area contributed by atoms with Crippen LogP contribution in [0, 0.1) is 13.8 Å². The number of para-hydroxylation sites is 1. The van der Waals surface area contributed by atoms with Crippen LogP contribution in [0.4, 0.5) is 5.69 Å². The molecule has 0 aliphatic rings. The molecule has 0 unspecified atom stereocenters. The van der Waals surface area contributed by atoms with Crippen molar-refractivity contribution in [1.29, 1.82) is 0 Å². The van der Waals surface area contributed by atoms with E-state index in [-0.39, 0.29) is 5.92 Å². The number of sulfonamides is 1. The first-order valence-corrected chi connectivity index (χ1v) is 8.48. The van der Waals surface area contributed by atoms with Crippen LogP contribution in [0.1, 0.15) is 36.5 Å². The highest BCUT2D eigenvalue weighted by molar-refractivity contribution is 7.92. The van der Waals surface area contributed by atoms with Crippen LogP contribution in [0.25, 0.3) is 0 Å². The molecule has 0 bridgehead atoms. The fraction of sp³-hybridized carbons (Fsp3) is 0.294. The Balaban J connectivity index is 2.43. The van der Waals surface area contributed by atoms with Crippen molar-refractivity contribution in [2.75, 3.05) is 4.72 Å². The maximum absolute atomic E-state index is 12.6. The summed E-state index contributed by atoms with van der Waals surface area (Å²) >= 11 is 0. The van der Waals surface area contributed by atoms with E-state index in [0.717, 1.165) is 16.7 Å². The number of anilines is 1. The normalized spacial score (nSPS) is 11.7. The van der Waals surface area contributed by atoms with Gasteiger partial charge >= 0.3 is 0 Å². The van der Waals surface area contributed by atoms with E-state index in [2.05, 4.69) is 4.72 Å². The van der Waals surface area contributed by atoms with E-state index >= 15 is 0 Å². The molecule has 0 heterocycles. The van der Waals surface area contributed by atoms with Crippen LogP contribution in [0.5, 0.6) is 0 Å². The van der Waals surface area contributed by atoms with Gasteiger partial charge in [0.1, 0.15) is 0 Å². The molecular weight excluding hydrogens is 282 g/mol. The molecular formula is C17H21NO2S. The molecule has 2 aromatic rings. The average Bonchev–Trinajstić information content (AvgIpc) is 2.37. The molecule has 0 saturated heterocycles. The standard InChI is InChI=1S/C17H21NO2S/c1-12(2)15-7-5-6-8-16(15)18-21(19,20)17-10-9-13(3)11-14(17)4/h5-12,18H,1-4H3. The minimum absolute atomic E-state index is 0.253. The number of aryl methyl sites for hydroxylation is 2. The van der Waals surface area contributed by atoms with Gasteiger partial charge in [0.25, 0.3) is 10.0 Å². The monoisotopic (exact) mass is 303 g/mol. The molecule has 112 valence electrons. The zero-order valence-electron chi connectivity index (χ0n) is 12.8. The Morgan fingerprint density at radius 3 is 2.29 bits per heavy atom. The summed E-state index contributed by atoms with van der Waals surface area (Å²) in [5.41, 5.74) is 3.44. The van der Waals surface area contributed by atoms with Crippen LogP contribution in [0.2, 0.25) is 0 Å². The molecule has 21 heavy (non-hydrogen) atoms. The van der Waals surface area contributed by atoms with E-state index in [1.807, 2.05) is 58.0 Å². The fourth-order valence-electron chi connectivity index (χ4n) is 2.39. The second-order valence-corrected chi connectivity index (χ2v) is 7.27. The third-order valence-corrected chi connectivity index (χ3v) is 4.97. The molecule has 2 aromatic carbocycles. The third kappa shape index (κ3) is 3.45. The largest absolute Gasteiger partial charge is 0.279 e. The van der Waals surface area contributed by atoms with Gasteiger partial charge in [0.05, 0.1) is 10.6 Å². The Morgan fingerprint density at radius 2 is 1.67 bits per heavy atom. The van der Waals surface area contributed by atoms with Crippen LogP contribution < -0.4 is 4.72 Å². The van der Waals surface area contributed by atoms with Gasteiger partial charge in [0.2, 0.25) is 0 Å². The highest BCUT2D eigenvalue weighted by atomic mass is 32.2. The van der Waals surface area contributed by atoms with Gasteiger partial charge < -0.3 is 0 Å².